The number of aromatic carboxylic acids is 1. The number of fused-ring (bicyclic) bond motifs is 2. The molecule has 0 saturated carbocycles. The van der Waals surface area contributed by atoms with Gasteiger partial charge in [-0.2, -0.15) is 12.6 Å². The van der Waals surface area contributed by atoms with Gasteiger partial charge in [0.15, 0.2) is 21.4 Å². The van der Waals surface area contributed by atoms with Gasteiger partial charge in [0, 0.05) is 11.1 Å². The lowest BCUT2D eigenvalue weighted by Gasteiger charge is -2.24. The number of carbonyl (C=O) groups is 3. The van der Waals surface area contributed by atoms with Gasteiger partial charge in [0.2, 0.25) is 0 Å². The van der Waals surface area contributed by atoms with Crippen LogP contribution in [0.2, 0.25) is 0 Å². The number of anilines is 3. The Morgan fingerprint density at radius 3 is 2.10 bits per heavy atom. The Bertz CT molecular complexity index is 1850. The number of rotatable bonds is 9. The Labute approximate surface area is 228 Å². The third-order valence-corrected chi connectivity index (χ3v) is 8.80. The van der Waals surface area contributed by atoms with E-state index in [1.54, 1.807) is 0 Å². The molecule has 40 heavy (non-hydrogen) atoms. The Morgan fingerprint density at radius 2 is 1.55 bits per heavy atom. The molecule has 0 saturated heterocycles. The largest absolute Gasteiger partial charge is 0.478 e. The molecule has 0 heterocycles. The number of hydrogen-bond donors (Lipinski definition) is 5. The molecule has 1 aliphatic carbocycles. The summed E-state index contributed by atoms with van der Waals surface area (Å²) < 4.78 is 83.1. The fourth-order valence-corrected chi connectivity index (χ4v) is 6.18. The average Bonchev–Trinajstić information content (AvgIpc) is 2.86. The lowest BCUT2D eigenvalue weighted by Crippen LogP contribution is -2.25. The van der Waals surface area contributed by atoms with Crippen LogP contribution in [0.15, 0.2) is 58.3 Å². The van der Waals surface area contributed by atoms with Crippen molar-refractivity contribution in [1.82, 2.24) is 0 Å². The molecular formula is C23H18N2O12S3. The molecule has 0 spiro atoms. The smallest absolute Gasteiger partial charge is 0.337 e. The van der Waals surface area contributed by atoms with Crippen molar-refractivity contribution >= 4 is 65.9 Å². The number of benzene rings is 3. The van der Waals surface area contributed by atoms with Crippen molar-refractivity contribution < 1.29 is 53.8 Å². The van der Waals surface area contributed by atoms with Crippen molar-refractivity contribution in [3.05, 3.63) is 76.3 Å². The van der Waals surface area contributed by atoms with Crippen LogP contribution in [-0.4, -0.2) is 65.2 Å². The summed E-state index contributed by atoms with van der Waals surface area (Å²) in [5.74, 6) is -3.93. The fourth-order valence-electron chi connectivity index (χ4n) is 4.09. The monoisotopic (exact) mass is 610 g/mol. The minimum Gasteiger partial charge on any atom is -0.478 e. The van der Waals surface area contributed by atoms with Gasteiger partial charge in [-0.1, -0.05) is 24.3 Å². The molecule has 14 nitrogen and oxygen atoms in total. The van der Waals surface area contributed by atoms with Gasteiger partial charge in [-0.15, -0.1) is 0 Å². The quantitative estimate of drug-likeness (QED) is 0.103. The molecule has 0 bridgehead atoms. The molecule has 0 aromatic heterocycles. The number of sulfone groups is 1. The highest BCUT2D eigenvalue weighted by atomic mass is 32.2. The zero-order chi connectivity index (χ0) is 29.6. The van der Waals surface area contributed by atoms with Crippen LogP contribution in [0.4, 0.5) is 17.1 Å². The molecule has 6 N–H and O–H groups in total. The molecule has 1 atom stereocenters. The maximum absolute atomic E-state index is 13.5. The summed E-state index contributed by atoms with van der Waals surface area (Å²) in [6, 6.07) is 9.06. The van der Waals surface area contributed by atoms with E-state index in [9.17, 15) is 45.1 Å². The van der Waals surface area contributed by atoms with E-state index in [1.807, 2.05) is 0 Å². The second-order valence-electron chi connectivity index (χ2n) is 8.26. The zero-order valence-electron chi connectivity index (χ0n) is 19.9. The maximum atomic E-state index is 13.5. The van der Waals surface area contributed by atoms with Gasteiger partial charge < -0.3 is 16.2 Å². The highest BCUT2D eigenvalue weighted by molar-refractivity contribution is 7.91. The van der Waals surface area contributed by atoms with Gasteiger partial charge in [0.1, 0.15) is 4.90 Å². The van der Waals surface area contributed by atoms with Gasteiger partial charge in [0.25, 0.3) is 10.1 Å². The standard InChI is InChI=1S/C23H18N2O12S3/c24-20-17(40(34,35)36)10-16(18-19(20)22(27)13-4-2-1-3-12(13)21(18)26)25-15-9-11(5-6-14(15)23(28)29)39(32,33)8-7-37-38(30)31/h1-6,9-10,25H,7-8,24H2,(H,28,29)(H,30,31)(H,34,35,36). The molecule has 3 aromatic rings. The number of nitrogens with one attached hydrogen (secondary N) is 1. The van der Waals surface area contributed by atoms with E-state index in [4.69, 9.17) is 10.3 Å². The second kappa shape index (κ2) is 10.5. The molecule has 0 amide bonds. The first-order valence-corrected chi connectivity index (χ1v) is 15.0. The summed E-state index contributed by atoms with van der Waals surface area (Å²) in [5, 5.41) is 12.2. The summed E-state index contributed by atoms with van der Waals surface area (Å²) in [5.41, 5.74) is 2.66. The minimum absolute atomic E-state index is 0.0573. The van der Waals surface area contributed by atoms with Crippen LogP contribution < -0.4 is 11.1 Å². The number of nitrogen functional groups attached to an aromatic ring is 1. The minimum atomic E-state index is -5.08. The van der Waals surface area contributed by atoms with Gasteiger partial charge in [0.05, 0.1) is 51.0 Å². The predicted molar refractivity (Wildman–Crippen MR) is 139 cm³/mol. The van der Waals surface area contributed by atoms with Crippen LogP contribution in [0.3, 0.4) is 0 Å². The number of hydrogen-bond acceptors (Lipinski definition) is 11. The Kier molecular flexibility index (Phi) is 7.63. The van der Waals surface area contributed by atoms with Crippen LogP contribution in [0.1, 0.15) is 42.2 Å². The van der Waals surface area contributed by atoms with E-state index in [1.165, 1.54) is 24.3 Å². The number of nitrogens with two attached hydrogens (primary N) is 1. The van der Waals surface area contributed by atoms with E-state index in [2.05, 4.69) is 9.50 Å². The molecule has 0 aliphatic heterocycles. The highest BCUT2D eigenvalue weighted by Gasteiger charge is 2.36. The van der Waals surface area contributed by atoms with Crippen molar-refractivity contribution in [3.8, 4) is 0 Å². The molecule has 3 aromatic carbocycles. The number of carboxylic acid groups (broad SMARTS) is 1. The van der Waals surface area contributed by atoms with E-state index >= 15 is 0 Å². The van der Waals surface area contributed by atoms with Crippen molar-refractivity contribution in [2.45, 2.75) is 9.79 Å². The summed E-state index contributed by atoms with van der Waals surface area (Å²) in [7, 11) is -9.28. The predicted octanol–water partition coefficient (Wildman–Crippen LogP) is 1.66. The van der Waals surface area contributed by atoms with E-state index in [0.29, 0.717) is 0 Å². The first-order valence-electron chi connectivity index (χ1n) is 10.9. The summed E-state index contributed by atoms with van der Waals surface area (Å²) in [6.45, 7) is -0.673. The second-order valence-corrected chi connectivity index (χ2v) is 12.4. The van der Waals surface area contributed by atoms with Gasteiger partial charge in [-0.3, -0.25) is 22.9 Å². The van der Waals surface area contributed by atoms with E-state index < -0.39 is 105 Å². The number of ketones is 2. The molecule has 4 rings (SSSR count). The first kappa shape index (κ1) is 29.0. The number of carbonyl (C=O) groups excluding carboxylic acids is 2. The fraction of sp³-hybridized carbons (Fsp3) is 0.0870. The van der Waals surface area contributed by atoms with E-state index in [0.717, 1.165) is 24.3 Å². The van der Waals surface area contributed by atoms with Gasteiger partial charge in [-0.25, -0.2) is 13.2 Å². The van der Waals surface area contributed by atoms with Crippen LogP contribution >= 0.6 is 0 Å². The third-order valence-electron chi connectivity index (χ3n) is 5.86. The van der Waals surface area contributed by atoms with Crippen molar-refractivity contribution in [2.24, 2.45) is 0 Å². The van der Waals surface area contributed by atoms with Crippen molar-refractivity contribution in [3.63, 3.8) is 0 Å². The molecular weight excluding hydrogens is 592 g/mol. The van der Waals surface area contributed by atoms with Gasteiger partial charge in [-0.05, 0) is 24.3 Å². The van der Waals surface area contributed by atoms with E-state index in [-0.39, 0.29) is 11.1 Å². The van der Waals surface area contributed by atoms with Crippen molar-refractivity contribution in [1.29, 1.82) is 0 Å². The number of carboxylic acids is 1. The molecule has 1 unspecified atom stereocenters. The van der Waals surface area contributed by atoms with Gasteiger partial charge >= 0.3 is 17.3 Å². The highest BCUT2D eigenvalue weighted by Crippen LogP contribution is 2.40. The zero-order valence-corrected chi connectivity index (χ0v) is 22.3. The first-order chi connectivity index (χ1) is 18.6. The normalized spacial score (nSPS) is 13.8. The maximum Gasteiger partial charge on any atom is 0.337 e. The lowest BCUT2D eigenvalue weighted by atomic mass is 9.82. The lowest BCUT2D eigenvalue weighted by molar-refractivity contribution is 0.0697. The SMILES string of the molecule is Nc1c(S(=O)(=O)O)cc(Nc2cc(S(=O)(=O)CCOS(=O)O)ccc2C(=O)O)c2c1C(=O)c1ccccc1C2=O. The summed E-state index contributed by atoms with van der Waals surface area (Å²) in [4.78, 5) is 37.3. The van der Waals surface area contributed by atoms with Crippen molar-refractivity contribution in [2.75, 3.05) is 23.4 Å². The van der Waals surface area contributed by atoms with Crippen LogP contribution in [0.5, 0.6) is 0 Å². The molecule has 210 valence electrons. The topological polar surface area (TPSA) is 245 Å². The Hall–Kier alpha value is -4.00. The molecule has 1 aliphatic rings. The van der Waals surface area contributed by atoms with Crippen LogP contribution in [-0.2, 0) is 35.5 Å². The molecule has 0 fully saturated rings. The summed E-state index contributed by atoms with van der Waals surface area (Å²) in [6.07, 6.45) is 0. The molecule has 17 heteroatoms. The average molecular weight is 611 g/mol. The Morgan fingerprint density at radius 1 is 0.950 bits per heavy atom. The summed E-state index contributed by atoms with van der Waals surface area (Å²) >= 11 is -2.73. The van der Waals surface area contributed by atoms with Crippen LogP contribution in [0, 0.1) is 0 Å². The third kappa shape index (κ3) is 5.37. The Balaban J connectivity index is 1.93. The molecule has 0 radical (unpaired) electrons. The van der Waals surface area contributed by atoms with Crippen LogP contribution in [0.25, 0.3) is 0 Å².